The maximum absolute atomic E-state index is 12.1. The molecule has 2 atom stereocenters. The van der Waals surface area contributed by atoms with Crippen molar-refractivity contribution in [3.63, 3.8) is 0 Å². The van der Waals surface area contributed by atoms with Crippen LogP contribution in [0.5, 0.6) is 0 Å². The van der Waals surface area contributed by atoms with Crippen LogP contribution in [0.4, 0.5) is 0 Å². The molecule has 0 aromatic heterocycles. The highest BCUT2D eigenvalue weighted by Crippen LogP contribution is 2.21. The number of hydrogen-bond acceptors (Lipinski definition) is 6. The maximum Gasteiger partial charge on any atom is 0.166 e. The van der Waals surface area contributed by atoms with Gasteiger partial charge in [-0.1, -0.05) is 6.92 Å². The van der Waals surface area contributed by atoms with Crippen molar-refractivity contribution in [3.8, 4) is 0 Å². The van der Waals surface area contributed by atoms with Crippen molar-refractivity contribution >= 4 is 21.6 Å². The van der Waals surface area contributed by atoms with Crippen molar-refractivity contribution in [1.29, 1.82) is 0 Å². The summed E-state index contributed by atoms with van der Waals surface area (Å²) >= 11 is 1.72. The van der Waals surface area contributed by atoms with Crippen LogP contribution in [0.15, 0.2) is 0 Å². The number of nitrogens with two attached hydrogens (primary N) is 1. The highest BCUT2D eigenvalue weighted by atomic mass is 32.2. The highest BCUT2D eigenvalue weighted by molar-refractivity contribution is 8.01. The smallest absolute Gasteiger partial charge is 0.166 e. The van der Waals surface area contributed by atoms with Crippen molar-refractivity contribution in [3.05, 3.63) is 0 Å². The largest absolute Gasteiger partial charge is 0.385 e. The van der Waals surface area contributed by atoms with Gasteiger partial charge < -0.3 is 10.5 Å². The van der Waals surface area contributed by atoms with Crippen molar-refractivity contribution in [2.75, 3.05) is 44.1 Å². The van der Waals surface area contributed by atoms with E-state index >= 15 is 0 Å². The summed E-state index contributed by atoms with van der Waals surface area (Å²) in [4.78, 5) is 2.05. The molecule has 1 aliphatic heterocycles. The van der Waals surface area contributed by atoms with Gasteiger partial charge in [-0.15, -0.1) is 0 Å². The Bertz CT molecular complexity index is 349. The van der Waals surface area contributed by atoms with E-state index in [1.54, 1.807) is 25.8 Å². The average molecular weight is 310 g/mol. The summed E-state index contributed by atoms with van der Waals surface area (Å²) in [6.07, 6.45) is 1.79. The fraction of sp³-hybridized carbons (Fsp3) is 1.00. The van der Waals surface area contributed by atoms with Crippen molar-refractivity contribution in [2.45, 2.75) is 31.2 Å². The molecule has 0 bridgehead atoms. The van der Waals surface area contributed by atoms with Crippen LogP contribution in [-0.2, 0) is 14.6 Å². The summed E-state index contributed by atoms with van der Waals surface area (Å²) in [6, 6.07) is 0.0211. The molecule has 1 rings (SSSR count). The summed E-state index contributed by atoms with van der Waals surface area (Å²) in [5, 5.41) is -0.357. The molecule has 0 saturated carbocycles. The Morgan fingerprint density at radius 2 is 2.26 bits per heavy atom. The lowest BCUT2D eigenvalue weighted by molar-refractivity contribution is 0.184. The molecule has 0 radical (unpaired) electrons. The molecule has 1 fully saturated rings. The number of nitrogens with zero attached hydrogens (tertiary/aromatic N) is 1. The van der Waals surface area contributed by atoms with Crippen molar-refractivity contribution in [1.82, 2.24) is 4.90 Å². The Balaban J connectivity index is 2.53. The molecule has 0 amide bonds. The molecular formula is C12H26N2O3S2. The van der Waals surface area contributed by atoms with Crippen molar-refractivity contribution < 1.29 is 13.2 Å². The topological polar surface area (TPSA) is 72.6 Å². The molecule has 114 valence electrons. The van der Waals surface area contributed by atoms with E-state index in [9.17, 15) is 8.42 Å². The van der Waals surface area contributed by atoms with Crippen LogP contribution in [0.2, 0.25) is 0 Å². The average Bonchev–Trinajstić information content (AvgIpc) is 2.39. The van der Waals surface area contributed by atoms with Gasteiger partial charge in [-0.05, 0) is 12.8 Å². The number of rotatable bonds is 8. The molecule has 7 heteroatoms. The maximum atomic E-state index is 12.1. The van der Waals surface area contributed by atoms with Gasteiger partial charge in [-0.25, -0.2) is 8.42 Å². The van der Waals surface area contributed by atoms with E-state index in [2.05, 4.69) is 0 Å². The summed E-state index contributed by atoms with van der Waals surface area (Å²) < 4.78 is 29.2. The molecule has 0 aliphatic carbocycles. The molecule has 1 aliphatic rings. The van der Waals surface area contributed by atoms with Gasteiger partial charge in [0.2, 0.25) is 0 Å². The van der Waals surface area contributed by atoms with Crippen molar-refractivity contribution in [2.24, 2.45) is 5.73 Å². The summed E-state index contributed by atoms with van der Waals surface area (Å²) in [5.74, 6) is 1.86. The Morgan fingerprint density at radius 1 is 1.53 bits per heavy atom. The third-order valence-corrected chi connectivity index (χ3v) is 6.73. The molecule has 5 nitrogen and oxygen atoms in total. The molecule has 1 saturated heterocycles. The predicted molar refractivity (Wildman–Crippen MR) is 81.2 cm³/mol. The van der Waals surface area contributed by atoms with Crippen LogP contribution in [0, 0.1) is 0 Å². The van der Waals surface area contributed by atoms with Crippen LogP contribution in [0.25, 0.3) is 0 Å². The minimum absolute atomic E-state index is 0.0211. The third kappa shape index (κ3) is 5.59. The first-order valence-electron chi connectivity index (χ1n) is 6.79. The zero-order valence-corrected chi connectivity index (χ0v) is 13.5. The van der Waals surface area contributed by atoms with Gasteiger partial charge in [0, 0.05) is 50.1 Å². The first-order chi connectivity index (χ1) is 9.01. The number of thioether (sulfide) groups is 1. The lowest BCUT2D eigenvalue weighted by Crippen LogP contribution is -2.51. The summed E-state index contributed by atoms with van der Waals surface area (Å²) in [5.41, 5.74) is 6.09. The minimum atomic E-state index is -3.02. The van der Waals surface area contributed by atoms with Crippen LogP contribution in [0.3, 0.4) is 0 Å². The first kappa shape index (κ1) is 17.2. The number of sulfone groups is 1. The van der Waals surface area contributed by atoms with Gasteiger partial charge in [-0.2, -0.15) is 11.8 Å². The normalized spacial score (nSPS) is 23.4. The predicted octanol–water partition coefficient (Wildman–Crippen LogP) is 0.550. The molecule has 0 aromatic rings. The number of methoxy groups -OCH3 is 1. The lowest BCUT2D eigenvalue weighted by atomic mass is 10.1. The Morgan fingerprint density at radius 3 is 2.89 bits per heavy atom. The molecule has 0 spiro atoms. The standard InChI is InChI=1S/C12H26N2O3S2/c1-3-19(15,16)12-10-18-8-6-14(12)9-11(13)5-4-7-17-2/h11-12H,3-10,13H2,1-2H3. The first-order valence-corrected chi connectivity index (χ1v) is 9.66. The molecule has 0 aromatic carbocycles. The van der Waals surface area contributed by atoms with E-state index in [0.29, 0.717) is 18.9 Å². The van der Waals surface area contributed by atoms with E-state index in [4.69, 9.17) is 10.5 Å². The Labute approximate surface area is 121 Å². The highest BCUT2D eigenvalue weighted by Gasteiger charge is 2.33. The zero-order chi connectivity index (χ0) is 14.3. The second kappa shape index (κ2) is 8.46. The molecule has 19 heavy (non-hydrogen) atoms. The quantitative estimate of drug-likeness (QED) is 0.660. The number of hydrogen-bond donors (Lipinski definition) is 1. The Hall–Kier alpha value is 0.180. The second-order valence-electron chi connectivity index (χ2n) is 4.87. The summed E-state index contributed by atoms with van der Waals surface area (Å²) in [7, 11) is -1.34. The van der Waals surface area contributed by atoms with Crippen LogP contribution in [-0.4, -0.2) is 68.8 Å². The molecular weight excluding hydrogens is 284 g/mol. The van der Waals surface area contributed by atoms with Crippen LogP contribution in [0.1, 0.15) is 19.8 Å². The SMILES string of the molecule is CCS(=O)(=O)C1CSCCN1CC(N)CCCOC. The van der Waals surface area contributed by atoms with E-state index in [1.165, 1.54) is 0 Å². The van der Waals surface area contributed by atoms with E-state index in [0.717, 1.165) is 25.1 Å². The fourth-order valence-electron chi connectivity index (χ4n) is 2.23. The van der Waals surface area contributed by atoms with Gasteiger partial charge in [0.25, 0.3) is 0 Å². The second-order valence-corrected chi connectivity index (χ2v) is 8.47. The molecule has 2 N–H and O–H groups in total. The minimum Gasteiger partial charge on any atom is -0.385 e. The van der Waals surface area contributed by atoms with Gasteiger partial charge in [0.05, 0.1) is 0 Å². The fourth-order valence-corrected chi connectivity index (χ4v) is 5.32. The summed E-state index contributed by atoms with van der Waals surface area (Å²) in [6.45, 7) is 3.90. The van der Waals surface area contributed by atoms with Crippen LogP contribution >= 0.6 is 11.8 Å². The van der Waals surface area contributed by atoms with E-state index in [1.807, 2.05) is 4.90 Å². The molecule has 1 heterocycles. The van der Waals surface area contributed by atoms with Crippen LogP contribution < -0.4 is 5.73 Å². The Kier molecular flexibility index (Phi) is 7.68. The lowest BCUT2D eigenvalue weighted by Gasteiger charge is -2.36. The van der Waals surface area contributed by atoms with Gasteiger partial charge in [0.1, 0.15) is 5.37 Å². The van der Waals surface area contributed by atoms with E-state index in [-0.39, 0.29) is 17.2 Å². The third-order valence-electron chi connectivity index (χ3n) is 3.40. The zero-order valence-electron chi connectivity index (χ0n) is 11.9. The van der Waals surface area contributed by atoms with Gasteiger partial charge >= 0.3 is 0 Å². The molecule has 2 unspecified atom stereocenters. The van der Waals surface area contributed by atoms with Gasteiger partial charge in [0.15, 0.2) is 9.84 Å². The number of ether oxygens (including phenoxy) is 1. The van der Waals surface area contributed by atoms with E-state index < -0.39 is 9.84 Å². The van der Waals surface area contributed by atoms with Gasteiger partial charge in [-0.3, -0.25) is 4.90 Å². The monoisotopic (exact) mass is 310 g/mol.